The van der Waals surface area contributed by atoms with Crippen molar-refractivity contribution in [1.29, 1.82) is 0 Å². The molecule has 28 heavy (non-hydrogen) atoms. The van der Waals surface area contributed by atoms with Crippen molar-refractivity contribution in [3.63, 3.8) is 0 Å². The van der Waals surface area contributed by atoms with Crippen molar-refractivity contribution in [2.75, 3.05) is 19.6 Å². The van der Waals surface area contributed by atoms with E-state index in [1.165, 1.54) is 11.1 Å². The van der Waals surface area contributed by atoms with E-state index < -0.39 is 0 Å². The van der Waals surface area contributed by atoms with Crippen molar-refractivity contribution >= 4 is 0 Å². The number of rotatable bonds is 7. The molecular formula is C24H27N3O. The third-order valence-corrected chi connectivity index (χ3v) is 5.46. The summed E-state index contributed by atoms with van der Waals surface area (Å²) in [5.41, 5.74) is 9.68. The second kappa shape index (κ2) is 9.00. The largest absolute Gasteiger partial charge is 0.487 e. The van der Waals surface area contributed by atoms with Gasteiger partial charge in [0.1, 0.15) is 12.4 Å². The first-order chi connectivity index (χ1) is 13.8. The molecular weight excluding hydrogens is 346 g/mol. The zero-order chi connectivity index (χ0) is 19.2. The van der Waals surface area contributed by atoms with Gasteiger partial charge < -0.3 is 10.5 Å². The molecule has 0 aliphatic carbocycles. The highest BCUT2D eigenvalue weighted by molar-refractivity contribution is 5.29. The van der Waals surface area contributed by atoms with Crippen molar-refractivity contribution < 1.29 is 4.74 Å². The molecule has 1 aromatic heterocycles. The molecule has 2 heterocycles. The average molecular weight is 374 g/mol. The molecule has 2 N–H and O–H groups in total. The molecule has 1 aliphatic rings. The molecule has 4 nitrogen and oxygen atoms in total. The summed E-state index contributed by atoms with van der Waals surface area (Å²) in [5, 5.41) is 0. The van der Waals surface area contributed by atoms with Gasteiger partial charge >= 0.3 is 0 Å². The molecule has 0 amide bonds. The summed E-state index contributed by atoms with van der Waals surface area (Å²) in [5.74, 6) is 1.90. The van der Waals surface area contributed by atoms with Crippen LogP contribution in [0.15, 0.2) is 79.0 Å². The molecule has 0 radical (unpaired) electrons. The van der Waals surface area contributed by atoms with E-state index in [0.717, 1.165) is 37.6 Å². The van der Waals surface area contributed by atoms with Crippen LogP contribution in [0.5, 0.6) is 5.75 Å². The monoisotopic (exact) mass is 373 g/mol. The Morgan fingerprint density at radius 1 is 0.964 bits per heavy atom. The van der Waals surface area contributed by atoms with Crippen LogP contribution in [0.25, 0.3) is 0 Å². The highest BCUT2D eigenvalue weighted by Gasteiger charge is 2.32. The molecule has 3 aromatic rings. The zero-order valence-corrected chi connectivity index (χ0v) is 16.1. The van der Waals surface area contributed by atoms with Gasteiger partial charge in [0.15, 0.2) is 0 Å². The average Bonchev–Trinajstić information content (AvgIpc) is 3.17. The first kappa shape index (κ1) is 18.7. The van der Waals surface area contributed by atoms with E-state index in [1.807, 2.05) is 24.3 Å². The van der Waals surface area contributed by atoms with Gasteiger partial charge in [0.25, 0.3) is 0 Å². The van der Waals surface area contributed by atoms with Crippen LogP contribution in [0.4, 0.5) is 0 Å². The summed E-state index contributed by atoms with van der Waals surface area (Å²) < 4.78 is 5.93. The van der Waals surface area contributed by atoms with E-state index in [0.29, 0.717) is 18.4 Å². The second-order valence-corrected chi connectivity index (χ2v) is 7.46. The molecule has 1 fully saturated rings. The topological polar surface area (TPSA) is 51.4 Å². The molecule has 1 aliphatic heterocycles. The Hall–Kier alpha value is -2.69. The van der Waals surface area contributed by atoms with Crippen molar-refractivity contribution in [3.05, 3.63) is 95.8 Å². The van der Waals surface area contributed by atoms with Gasteiger partial charge in [-0.2, -0.15) is 0 Å². The minimum atomic E-state index is 0.485. The van der Waals surface area contributed by atoms with Crippen molar-refractivity contribution in [1.82, 2.24) is 9.88 Å². The van der Waals surface area contributed by atoms with Gasteiger partial charge in [-0.3, -0.25) is 9.88 Å². The maximum absolute atomic E-state index is 6.08. The van der Waals surface area contributed by atoms with Crippen LogP contribution in [0.1, 0.15) is 22.7 Å². The van der Waals surface area contributed by atoms with Crippen LogP contribution >= 0.6 is 0 Å². The summed E-state index contributed by atoms with van der Waals surface area (Å²) in [6, 6.07) is 25.0. The number of hydrogen-bond acceptors (Lipinski definition) is 4. The molecule has 2 aromatic carbocycles. The van der Waals surface area contributed by atoms with Gasteiger partial charge in [-0.25, -0.2) is 0 Å². The number of likely N-dealkylation sites (tertiary alicyclic amines) is 1. The predicted molar refractivity (Wildman–Crippen MR) is 112 cm³/mol. The zero-order valence-electron chi connectivity index (χ0n) is 16.1. The van der Waals surface area contributed by atoms with Crippen LogP contribution in [0, 0.1) is 5.92 Å². The van der Waals surface area contributed by atoms with E-state index in [1.54, 1.807) is 6.20 Å². The van der Waals surface area contributed by atoms with E-state index in [-0.39, 0.29) is 0 Å². The summed E-state index contributed by atoms with van der Waals surface area (Å²) >= 11 is 0. The minimum Gasteiger partial charge on any atom is -0.487 e. The van der Waals surface area contributed by atoms with Crippen LogP contribution in [-0.4, -0.2) is 29.5 Å². The van der Waals surface area contributed by atoms with E-state index >= 15 is 0 Å². The number of nitrogens with two attached hydrogens (primary N) is 1. The fourth-order valence-electron chi connectivity index (χ4n) is 4.04. The summed E-state index contributed by atoms with van der Waals surface area (Å²) in [6.45, 7) is 4.21. The minimum absolute atomic E-state index is 0.485. The molecule has 0 bridgehead atoms. The quantitative estimate of drug-likeness (QED) is 0.684. The Kier molecular flexibility index (Phi) is 6.00. The van der Waals surface area contributed by atoms with E-state index in [4.69, 9.17) is 10.5 Å². The Morgan fingerprint density at radius 2 is 1.82 bits per heavy atom. The standard InChI is InChI=1S/C24H27N3O/c25-14-21-16-27(17-24(21)20-8-2-1-3-9-20)15-19-7-6-11-23(13-19)28-18-22-10-4-5-12-26-22/h1-13,21,24H,14-18,25H2/t21-,24+/m1/s1. The van der Waals surface area contributed by atoms with Crippen LogP contribution < -0.4 is 10.5 Å². The molecule has 144 valence electrons. The van der Waals surface area contributed by atoms with Gasteiger partial charge in [-0.15, -0.1) is 0 Å². The van der Waals surface area contributed by atoms with Crippen LogP contribution in [0.3, 0.4) is 0 Å². The first-order valence-corrected chi connectivity index (χ1v) is 9.91. The molecule has 0 unspecified atom stereocenters. The van der Waals surface area contributed by atoms with Crippen molar-refractivity contribution in [2.24, 2.45) is 11.7 Å². The van der Waals surface area contributed by atoms with Gasteiger partial charge in [0.05, 0.1) is 5.69 Å². The summed E-state index contributed by atoms with van der Waals surface area (Å²) in [6.07, 6.45) is 1.79. The second-order valence-electron chi connectivity index (χ2n) is 7.46. The third-order valence-electron chi connectivity index (χ3n) is 5.46. The summed E-state index contributed by atoms with van der Waals surface area (Å²) in [7, 11) is 0. The SMILES string of the molecule is NC[C@@H]1CN(Cc2cccc(OCc3ccccn3)c2)C[C@H]1c1ccccc1. The molecule has 0 saturated carbocycles. The lowest BCUT2D eigenvalue weighted by molar-refractivity contribution is 0.297. The van der Waals surface area contributed by atoms with Crippen molar-refractivity contribution in [3.8, 4) is 5.75 Å². The van der Waals surface area contributed by atoms with Gasteiger partial charge in [-0.1, -0.05) is 48.5 Å². The number of nitrogens with zero attached hydrogens (tertiary/aromatic N) is 2. The van der Waals surface area contributed by atoms with Gasteiger partial charge in [0, 0.05) is 31.7 Å². The third kappa shape index (κ3) is 4.58. The Balaban J connectivity index is 1.39. The molecule has 2 atom stereocenters. The lowest BCUT2D eigenvalue weighted by Crippen LogP contribution is -2.23. The number of aromatic nitrogens is 1. The highest BCUT2D eigenvalue weighted by Crippen LogP contribution is 2.33. The van der Waals surface area contributed by atoms with Gasteiger partial charge in [-0.05, 0) is 47.9 Å². The fourth-order valence-corrected chi connectivity index (χ4v) is 4.04. The highest BCUT2D eigenvalue weighted by atomic mass is 16.5. The van der Waals surface area contributed by atoms with Crippen molar-refractivity contribution in [2.45, 2.75) is 19.1 Å². The van der Waals surface area contributed by atoms with E-state index in [9.17, 15) is 0 Å². The first-order valence-electron chi connectivity index (χ1n) is 9.91. The molecule has 0 spiro atoms. The normalized spacial score (nSPS) is 19.6. The lowest BCUT2D eigenvalue weighted by Gasteiger charge is -2.17. The molecule has 4 rings (SSSR count). The molecule has 1 saturated heterocycles. The maximum atomic E-state index is 6.08. The number of benzene rings is 2. The van der Waals surface area contributed by atoms with Gasteiger partial charge in [0.2, 0.25) is 0 Å². The number of pyridine rings is 1. The Bertz CT molecular complexity index is 869. The van der Waals surface area contributed by atoms with Crippen LogP contribution in [0.2, 0.25) is 0 Å². The number of ether oxygens (including phenoxy) is 1. The van der Waals surface area contributed by atoms with E-state index in [2.05, 4.69) is 58.4 Å². The lowest BCUT2D eigenvalue weighted by atomic mass is 9.89. The Labute approximate surface area is 167 Å². The smallest absolute Gasteiger partial charge is 0.130 e. The van der Waals surface area contributed by atoms with Crippen LogP contribution in [-0.2, 0) is 13.2 Å². The predicted octanol–water partition coefficient (Wildman–Crippen LogP) is 3.83. The Morgan fingerprint density at radius 3 is 2.61 bits per heavy atom. The fraction of sp³-hybridized carbons (Fsp3) is 0.292. The number of hydrogen-bond donors (Lipinski definition) is 1. The molecule has 4 heteroatoms. The summed E-state index contributed by atoms with van der Waals surface area (Å²) in [4.78, 5) is 6.82. The maximum Gasteiger partial charge on any atom is 0.130 e.